The van der Waals surface area contributed by atoms with Crippen molar-refractivity contribution in [3.8, 4) is 0 Å². The molecule has 2 amide bonds. The highest BCUT2D eigenvalue weighted by Crippen LogP contribution is 2.44. The van der Waals surface area contributed by atoms with E-state index in [9.17, 15) is 9.59 Å². The average molecular weight is 497 g/mol. The van der Waals surface area contributed by atoms with E-state index < -0.39 is 0 Å². The lowest BCUT2D eigenvalue weighted by atomic mass is 9.71. The lowest BCUT2D eigenvalue weighted by Gasteiger charge is -2.55. The summed E-state index contributed by atoms with van der Waals surface area (Å²) in [7, 11) is 0. The number of amides is 2. The van der Waals surface area contributed by atoms with Crippen molar-refractivity contribution in [1.82, 2.24) is 9.80 Å². The van der Waals surface area contributed by atoms with E-state index in [1.807, 2.05) is 13.8 Å². The van der Waals surface area contributed by atoms with Crippen LogP contribution in [0.15, 0.2) is 24.3 Å². The van der Waals surface area contributed by atoms with Crippen LogP contribution >= 0.6 is 0 Å². The van der Waals surface area contributed by atoms with Crippen LogP contribution in [0.25, 0.3) is 0 Å². The zero-order valence-electron chi connectivity index (χ0n) is 24.8. The summed E-state index contributed by atoms with van der Waals surface area (Å²) in [4.78, 5) is 29.7. The van der Waals surface area contributed by atoms with E-state index in [4.69, 9.17) is 0 Å². The second-order valence-electron chi connectivity index (χ2n) is 14.2. The summed E-state index contributed by atoms with van der Waals surface area (Å²) in [6.45, 7) is 21.8. The molecule has 0 saturated carbocycles. The van der Waals surface area contributed by atoms with Gasteiger partial charge in [0.25, 0.3) is 0 Å². The Labute approximate surface area is 221 Å². The van der Waals surface area contributed by atoms with Gasteiger partial charge in [-0.25, -0.2) is 0 Å². The van der Waals surface area contributed by atoms with Gasteiger partial charge in [0.15, 0.2) is 0 Å². The lowest BCUT2D eigenvalue weighted by molar-refractivity contribution is -0.152. The molecule has 1 aromatic rings. The zero-order valence-corrected chi connectivity index (χ0v) is 24.8. The highest BCUT2D eigenvalue weighted by molar-refractivity contribution is 5.78. The Morgan fingerprint density at radius 3 is 1.08 bits per heavy atom. The molecule has 0 spiro atoms. The van der Waals surface area contributed by atoms with E-state index in [1.54, 1.807) is 0 Å². The molecule has 0 unspecified atom stereocenters. The minimum absolute atomic E-state index is 0.118. The van der Waals surface area contributed by atoms with Gasteiger partial charge in [0.2, 0.25) is 11.8 Å². The molecule has 0 atom stereocenters. The van der Waals surface area contributed by atoms with Crippen molar-refractivity contribution >= 4 is 11.8 Å². The summed E-state index contributed by atoms with van der Waals surface area (Å²) in [6.07, 6.45) is 7.46. The molecule has 0 aromatic heterocycles. The van der Waals surface area contributed by atoms with Crippen molar-refractivity contribution in [2.45, 2.75) is 143 Å². The maximum absolute atomic E-state index is 12.7. The van der Waals surface area contributed by atoms with Crippen LogP contribution in [0.1, 0.15) is 119 Å². The first-order chi connectivity index (χ1) is 16.5. The number of rotatable bonds is 6. The summed E-state index contributed by atoms with van der Waals surface area (Å²) < 4.78 is 0. The van der Waals surface area contributed by atoms with Crippen LogP contribution in [-0.2, 0) is 22.4 Å². The molecule has 2 saturated heterocycles. The first-order valence-corrected chi connectivity index (χ1v) is 14.3. The normalized spacial score (nSPS) is 23.5. The molecule has 0 radical (unpaired) electrons. The molecule has 2 fully saturated rings. The van der Waals surface area contributed by atoms with Gasteiger partial charge in [-0.15, -0.1) is 0 Å². The van der Waals surface area contributed by atoms with Crippen LogP contribution in [0.4, 0.5) is 0 Å². The molecule has 202 valence electrons. The highest BCUT2D eigenvalue weighted by Gasteiger charge is 2.48. The fraction of sp³-hybridized carbons (Fsp3) is 0.750. The van der Waals surface area contributed by atoms with Gasteiger partial charge in [-0.05, 0) is 117 Å². The molecule has 0 bridgehead atoms. The molecule has 2 heterocycles. The Balaban J connectivity index is 1.66. The third-order valence-electron chi connectivity index (χ3n) is 8.75. The third kappa shape index (κ3) is 6.00. The van der Waals surface area contributed by atoms with Crippen molar-refractivity contribution in [1.29, 1.82) is 0 Å². The van der Waals surface area contributed by atoms with Gasteiger partial charge in [-0.1, -0.05) is 38.1 Å². The molecule has 36 heavy (non-hydrogen) atoms. The molecule has 4 nitrogen and oxygen atoms in total. The number of hydrogen-bond acceptors (Lipinski definition) is 2. The maximum atomic E-state index is 12.7. The van der Waals surface area contributed by atoms with Crippen LogP contribution in [-0.4, -0.2) is 43.8 Å². The molecular formula is C32H52N2O2. The van der Waals surface area contributed by atoms with E-state index in [1.165, 1.54) is 11.1 Å². The van der Waals surface area contributed by atoms with E-state index in [0.29, 0.717) is 24.7 Å². The predicted octanol–water partition coefficient (Wildman–Crippen LogP) is 7.18. The average Bonchev–Trinajstić information content (AvgIpc) is 2.71. The van der Waals surface area contributed by atoms with Crippen molar-refractivity contribution in [3.63, 3.8) is 0 Å². The van der Waals surface area contributed by atoms with Crippen molar-refractivity contribution < 1.29 is 9.59 Å². The van der Waals surface area contributed by atoms with E-state index in [2.05, 4.69) is 89.5 Å². The van der Waals surface area contributed by atoms with Gasteiger partial charge in [0.1, 0.15) is 0 Å². The second-order valence-corrected chi connectivity index (χ2v) is 14.2. The number of nitrogens with zero attached hydrogens (tertiary/aromatic N) is 2. The number of piperidine rings is 2. The summed E-state index contributed by atoms with van der Waals surface area (Å²) in [5.41, 5.74) is 2.32. The monoisotopic (exact) mass is 496 g/mol. The summed E-state index contributed by atoms with van der Waals surface area (Å²) in [5, 5.41) is 0. The summed E-state index contributed by atoms with van der Waals surface area (Å²) in [5.74, 6) is 1.68. The topological polar surface area (TPSA) is 40.6 Å². The minimum atomic E-state index is -0.118. The smallest absolute Gasteiger partial charge is 0.223 e. The molecule has 4 heteroatoms. The molecule has 2 aliphatic rings. The van der Waals surface area contributed by atoms with E-state index in [-0.39, 0.29) is 34.0 Å². The van der Waals surface area contributed by atoms with E-state index >= 15 is 0 Å². The molecular weight excluding hydrogens is 444 g/mol. The summed E-state index contributed by atoms with van der Waals surface area (Å²) in [6, 6.07) is 9.30. The van der Waals surface area contributed by atoms with Crippen LogP contribution < -0.4 is 0 Å². The molecule has 2 aliphatic heterocycles. The van der Waals surface area contributed by atoms with Crippen LogP contribution in [0, 0.1) is 11.8 Å². The SMILES string of the molecule is CCC(=O)N1C(C)(C)CC(Cc2ccc(CC3CC(C)(C)N(C(=O)CC)C(C)(C)C3)cc2)CC1(C)C. The number of hydrogen-bond donors (Lipinski definition) is 0. The van der Waals surface area contributed by atoms with Crippen LogP contribution in [0.3, 0.4) is 0 Å². The fourth-order valence-electron chi connectivity index (χ4n) is 8.41. The molecule has 0 aliphatic carbocycles. The van der Waals surface area contributed by atoms with E-state index in [0.717, 1.165) is 38.5 Å². The first kappa shape index (κ1) is 28.7. The largest absolute Gasteiger partial charge is 0.332 e. The molecule has 3 rings (SSSR count). The quantitative estimate of drug-likeness (QED) is 0.418. The standard InChI is InChI=1S/C32H52N2O2/c1-11-27(35)33-29(3,4)19-25(20-30(33,5)6)17-23-13-15-24(16-14-23)18-26-21-31(7,8)34(28(36)12-2)32(9,10)22-26/h13-16,25-26H,11-12,17-22H2,1-10H3. The molecule has 0 N–H and O–H groups in total. The Morgan fingerprint density at radius 1 is 0.611 bits per heavy atom. The number of likely N-dealkylation sites (tertiary alicyclic amines) is 2. The third-order valence-corrected chi connectivity index (χ3v) is 8.75. The predicted molar refractivity (Wildman–Crippen MR) is 150 cm³/mol. The highest BCUT2D eigenvalue weighted by atomic mass is 16.2. The Bertz CT molecular complexity index is 828. The number of benzene rings is 1. The van der Waals surface area contributed by atoms with Crippen LogP contribution in [0.2, 0.25) is 0 Å². The lowest BCUT2D eigenvalue weighted by Crippen LogP contribution is -2.62. The van der Waals surface area contributed by atoms with Gasteiger partial charge in [-0.2, -0.15) is 0 Å². The number of carbonyl (C=O) groups excluding carboxylic acids is 2. The Morgan fingerprint density at radius 2 is 0.861 bits per heavy atom. The minimum Gasteiger partial charge on any atom is -0.332 e. The van der Waals surface area contributed by atoms with Gasteiger partial charge in [-0.3, -0.25) is 9.59 Å². The Kier molecular flexibility index (Phi) is 8.09. The maximum Gasteiger partial charge on any atom is 0.223 e. The van der Waals surface area contributed by atoms with Crippen LogP contribution in [0.5, 0.6) is 0 Å². The first-order valence-electron chi connectivity index (χ1n) is 14.3. The van der Waals surface area contributed by atoms with Gasteiger partial charge in [0, 0.05) is 35.0 Å². The van der Waals surface area contributed by atoms with Crippen molar-refractivity contribution in [2.24, 2.45) is 11.8 Å². The van der Waals surface area contributed by atoms with Gasteiger partial charge < -0.3 is 9.80 Å². The van der Waals surface area contributed by atoms with Crippen molar-refractivity contribution in [3.05, 3.63) is 35.4 Å². The molecule has 1 aromatic carbocycles. The number of carbonyl (C=O) groups is 2. The second kappa shape index (κ2) is 10.1. The van der Waals surface area contributed by atoms with Gasteiger partial charge >= 0.3 is 0 Å². The van der Waals surface area contributed by atoms with Gasteiger partial charge in [0.05, 0.1) is 0 Å². The zero-order chi connectivity index (χ0) is 27.1. The Hall–Kier alpha value is -1.84. The van der Waals surface area contributed by atoms with Crippen molar-refractivity contribution in [2.75, 3.05) is 0 Å². The fourth-order valence-corrected chi connectivity index (χ4v) is 8.41. The summed E-state index contributed by atoms with van der Waals surface area (Å²) >= 11 is 0.